The molecule has 5 aliphatic rings. The van der Waals surface area contributed by atoms with E-state index < -0.39 is 23.0 Å². The molecule has 2 aliphatic heterocycles. The van der Waals surface area contributed by atoms with Crippen LogP contribution in [-0.2, 0) is 27.1 Å². The second-order valence-electron chi connectivity index (χ2n) is 16.9. The van der Waals surface area contributed by atoms with Crippen molar-refractivity contribution < 1.29 is 29.0 Å². The summed E-state index contributed by atoms with van der Waals surface area (Å²) in [6.07, 6.45) is 15.9. The van der Waals surface area contributed by atoms with Gasteiger partial charge in [0.1, 0.15) is 5.82 Å². The number of carbonyl (C=O) groups is 3. The van der Waals surface area contributed by atoms with E-state index in [9.17, 15) is 19.5 Å². The van der Waals surface area contributed by atoms with Crippen LogP contribution in [0, 0.1) is 29.6 Å². The average molecular weight is 753 g/mol. The lowest BCUT2D eigenvalue weighted by Gasteiger charge is -2.45. The number of nitrogens with one attached hydrogen (secondary N) is 3. The number of nitrogens with zero attached hydrogens (tertiary/aromatic N) is 1. The highest BCUT2D eigenvalue weighted by molar-refractivity contribution is 6.33. The molecule has 1 saturated heterocycles. The van der Waals surface area contributed by atoms with Gasteiger partial charge in [0.2, 0.25) is 5.78 Å². The maximum absolute atomic E-state index is 15.0. The first-order valence-electron chi connectivity index (χ1n) is 20.8. The minimum atomic E-state index is -2.09. The number of fused-ring (bicyclic) bond motifs is 1. The van der Waals surface area contributed by atoms with Gasteiger partial charge in [0.05, 0.1) is 19.9 Å². The van der Waals surface area contributed by atoms with E-state index in [2.05, 4.69) is 46.9 Å². The number of epoxide rings is 1. The van der Waals surface area contributed by atoms with Gasteiger partial charge in [-0.15, -0.1) is 0 Å². The van der Waals surface area contributed by atoms with Crippen LogP contribution in [0.25, 0.3) is 0 Å². The van der Waals surface area contributed by atoms with Crippen LogP contribution in [-0.4, -0.2) is 78.3 Å². The number of Topliss-reactive ketones (excluding diaryl/α,β-unsaturated/α-hetero) is 2. The minimum Gasteiger partial charge on any atom is -0.463 e. The molecule has 10 heteroatoms. The lowest BCUT2D eigenvalue weighted by Crippen LogP contribution is -2.52. The van der Waals surface area contributed by atoms with Crippen molar-refractivity contribution in [2.75, 3.05) is 38.8 Å². The number of cyclic esters (lactones) is 1. The molecule has 2 aromatic rings. The Morgan fingerprint density at radius 1 is 1.07 bits per heavy atom. The van der Waals surface area contributed by atoms with E-state index in [0.29, 0.717) is 66.3 Å². The van der Waals surface area contributed by atoms with Crippen LogP contribution in [0.4, 0.5) is 5.82 Å². The Labute approximate surface area is 326 Å². The number of aliphatic hydroxyl groups is 1. The number of ether oxygens (including phenoxy) is 2. The number of carbonyl (C=O) groups excluding carboxylic acids is 3. The number of pyridine rings is 1. The maximum Gasteiger partial charge on any atom is 0.350 e. The number of hydrogen-bond acceptors (Lipinski definition) is 10. The largest absolute Gasteiger partial charge is 0.463 e. The van der Waals surface area contributed by atoms with Crippen molar-refractivity contribution in [2.45, 2.75) is 109 Å². The molecule has 1 aromatic heterocycles. The number of esters is 1. The molecule has 4 N–H and O–H groups in total. The molecule has 1 saturated carbocycles. The predicted molar refractivity (Wildman–Crippen MR) is 213 cm³/mol. The molecule has 8 atom stereocenters. The van der Waals surface area contributed by atoms with Gasteiger partial charge in [-0.3, -0.25) is 9.59 Å². The number of benzene rings is 1. The van der Waals surface area contributed by atoms with Gasteiger partial charge in [0.15, 0.2) is 11.4 Å². The summed E-state index contributed by atoms with van der Waals surface area (Å²) < 4.78 is 12.6. The van der Waals surface area contributed by atoms with Crippen LogP contribution in [0.5, 0.6) is 0 Å². The van der Waals surface area contributed by atoms with Crippen molar-refractivity contribution in [1.82, 2.24) is 15.6 Å². The summed E-state index contributed by atoms with van der Waals surface area (Å²) in [5.41, 5.74) is 0.0442. The van der Waals surface area contributed by atoms with Crippen molar-refractivity contribution >= 4 is 23.4 Å². The van der Waals surface area contributed by atoms with E-state index in [-0.39, 0.29) is 37.4 Å². The maximum atomic E-state index is 15.0. The third-order valence-corrected chi connectivity index (χ3v) is 13.4. The van der Waals surface area contributed by atoms with Gasteiger partial charge in [-0.05, 0) is 118 Å². The summed E-state index contributed by atoms with van der Waals surface area (Å²) in [4.78, 5) is 48.8. The topological polar surface area (TPSA) is 142 Å². The summed E-state index contributed by atoms with van der Waals surface area (Å²) in [6.45, 7) is 7.48. The van der Waals surface area contributed by atoms with E-state index in [0.717, 1.165) is 61.2 Å². The van der Waals surface area contributed by atoms with Crippen LogP contribution in [0.1, 0.15) is 110 Å². The van der Waals surface area contributed by atoms with E-state index in [1.807, 2.05) is 38.2 Å². The molecule has 10 nitrogen and oxygen atoms in total. The average Bonchev–Trinajstić information content (AvgIpc) is 3.89. The first-order chi connectivity index (χ1) is 26.6. The molecule has 55 heavy (non-hydrogen) atoms. The highest BCUT2D eigenvalue weighted by atomic mass is 16.7. The minimum absolute atomic E-state index is 0.0678. The lowest BCUT2D eigenvalue weighted by molar-refractivity contribution is -0.150. The van der Waals surface area contributed by atoms with E-state index in [1.165, 1.54) is 12.8 Å². The van der Waals surface area contributed by atoms with Crippen molar-refractivity contribution in [2.24, 2.45) is 29.6 Å². The normalized spacial score (nSPS) is 32.2. The van der Waals surface area contributed by atoms with Crippen LogP contribution < -0.4 is 16.0 Å². The van der Waals surface area contributed by atoms with Crippen molar-refractivity contribution in [1.29, 1.82) is 0 Å². The third kappa shape index (κ3) is 7.59. The summed E-state index contributed by atoms with van der Waals surface area (Å²) >= 11 is 0. The highest BCUT2D eigenvalue weighted by Gasteiger charge is 2.85. The molecule has 296 valence electrons. The van der Waals surface area contributed by atoms with Gasteiger partial charge in [-0.2, -0.15) is 0 Å². The SMILES string of the molecule is CCN[C@@H]1C[C@H]2C=CC[C@@H]3CCCC[C@H](C)Cc4cccc5c4C(=O)[C@]4(O[C@@]4(C/C(CO)=C(\C)CCc4ccnc(NCNC)c4)C5=O)C(=O)OC[C@H]1C[C@H]32. The van der Waals surface area contributed by atoms with Crippen LogP contribution in [0.2, 0.25) is 0 Å². The highest BCUT2D eigenvalue weighted by Crippen LogP contribution is 2.60. The second-order valence-corrected chi connectivity index (χ2v) is 16.9. The summed E-state index contributed by atoms with van der Waals surface area (Å²) in [6, 6.07) is 9.58. The number of aromatic nitrogens is 1. The van der Waals surface area contributed by atoms with Crippen molar-refractivity contribution in [3.63, 3.8) is 0 Å². The van der Waals surface area contributed by atoms with E-state index >= 15 is 0 Å². The Morgan fingerprint density at radius 2 is 1.91 bits per heavy atom. The number of hydrogen-bond donors (Lipinski definition) is 4. The zero-order valence-corrected chi connectivity index (χ0v) is 33.1. The first kappa shape index (κ1) is 39.5. The lowest BCUT2D eigenvalue weighted by atomic mass is 9.63. The van der Waals surface area contributed by atoms with Gasteiger partial charge < -0.3 is 30.5 Å². The fourth-order valence-corrected chi connectivity index (χ4v) is 10.3. The van der Waals surface area contributed by atoms with Crippen LogP contribution in [0.3, 0.4) is 0 Å². The fourth-order valence-electron chi connectivity index (χ4n) is 10.3. The number of aliphatic hydroxyl groups excluding tert-OH is 1. The number of rotatable bonds is 11. The van der Waals surface area contributed by atoms with Gasteiger partial charge in [-0.25, -0.2) is 9.78 Å². The van der Waals surface area contributed by atoms with Crippen LogP contribution in [0.15, 0.2) is 59.8 Å². The molecule has 1 aromatic carbocycles. The molecule has 7 rings (SSSR count). The number of aryl methyl sites for hydroxylation is 1. The van der Waals surface area contributed by atoms with Gasteiger partial charge >= 0.3 is 5.97 Å². The molecule has 0 radical (unpaired) electrons. The zero-order chi connectivity index (χ0) is 38.7. The Morgan fingerprint density at radius 3 is 2.71 bits per heavy atom. The predicted octanol–water partition coefficient (Wildman–Crippen LogP) is 6.38. The Kier molecular flexibility index (Phi) is 12.1. The quantitative estimate of drug-likeness (QED) is 0.0672. The molecule has 0 unspecified atom stereocenters. The molecular weight excluding hydrogens is 693 g/mol. The summed E-state index contributed by atoms with van der Waals surface area (Å²) in [5.74, 6) is 1.11. The second kappa shape index (κ2) is 16.8. The fraction of sp³-hybridized carbons (Fsp3) is 0.600. The van der Waals surface area contributed by atoms with Crippen molar-refractivity contribution in [3.05, 3.63) is 82.1 Å². The van der Waals surface area contributed by atoms with Gasteiger partial charge in [0.25, 0.3) is 5.60 Å². The molecule has 4 bridgehead atoms. The summed E-state index contributed by atoms with van der Waals surface area (Å²) in [5, 5.41) is 20.7. The zero-order valence-electron chi connectivity index (χ0n) is 33.1. The van der Waals surface area contributed by atoms with Gasteiger partial charge in [0, 0.05) is 35.7 Å². The molecule has 3 heterocycles. The van der Waals surface area contributed by atoms with Crippen molar-refractivity contribution in [3.8, 4) is 0 Å². The third-order valence-electron chi connectivity index (χ3n) is 13.4. The molecule has 2 fully saturated rings. The smallest absolute Gasteiger partial charge is 0.350 e. The van der Waals surface area contributed by atoms with Gasteiger partial charge in [-0.1, -0.05) is 69.0 Å². The Bertz CT molecular complexity index is 1820. The van der Waals surface area contributed by atoms with E-state index in [4.69, 9.17) is 9.47 Å². The number of allylic oxidation sites excluding steroid dienone is 3. The number of anilines is 1. The van der Waals surface area contributed by atoms with Crippen LogP contribution >= 0.6 is 0 Å². The van der Waals surface area contributed by atoms with E-state index in [1.54, 1.807) is 12.3 Å². The molecular formula is C45H60N4O6. The molecule has 0 amide bonds. The standard InChI is InChI=1S/C45H60N4O6/c1-5-47-38-23-32-13-8-12-31-11-7-6-10-28(2)20-33-14-9-15-36-40(33)42(52)45(43(53)54-26-34(38)22-37(31)32)44(55-45,41(36)51)24-35(25-50)29(3)16-17-30-18-19-48-39(21-30)49-27-46-4/h8-9,13-15,18-19,21,28,31-32,34,37-38,46-47,50H,5-7,10-12,16-17,20,22-27H2,1-4H3,(H,48,49)/b35-29-/t28-,31-,32+,34+,37+,38+,44-,45-/m0/s1. The Balaban J connectivity index is 1.21. The molecule has 3 aliphatic carbocycles. The first-order valence-corrected chi connectivity index (χ1v) is 20.8. The number of ketones is 2. The Hall–Kier alpha value is -3.70. The monoisotopic (exact) mass is 752 g/mol. The summed E-state index contributed by atoms with van der Waals surface area (Å²) in [7, 11) is 1.86. The molecule has 1 spiro atoms.